The van der Waals surface area contributed by atoms with Crippen LogP contribution in [0.15, 0.2) is 24.3 Å². The molecule has 0 saturated carbocycles. The predicted octanol–water partition coefficient (Wildman–Crippen LogP) is 3.59. The van der Waals surface area contributed by atoms with Crippen molar-refractivity contribution in [3.8, 4) is 0 Å². The lowest BCUT2D eigenvalue weighted by Gasteiger charge is -2.15. The molecule has 1 aromatic carbocycles. The maximum atomic E-state index is 13.1. The SMILES string of the molecule is C[C@H](CO)Nc1nc(Nc2cc(Cl)ccc2[N+](=O)[O-])cc(C(F)(F)F)n1. The number of aromatic nitrogens is 2. The summed E-state index contributed by atoms with van der Waals surface area (Å²) in [6.07, 6.45) is -4.77. The lowest BCUT2D eigenvalue weighted by Crippen LogP contribution is -2.22. The van der Waals surface area contributed by atoms with Crippen LogP contribution in [0.4, 0.5) is 36.3 Å². The van der Waals surface area contributed by atoms with Gasteiger partial charge in [-0.05, 0) is 19.1 Å². The van der Waals surface area contributed by atoms with Gasteiger partial charge in [-0.3, -0.25) is 10.1 Å². The van der Waals surface area contributed by atoms with E-state index in [-0.39, 0.29) is 28.8 Å². The number of nitrogens with zero attached hydrogens (tertiary/aromatic N) is 3. The summed E-state index contributed by atoms with van der Waals surface area (Å²) in [6, 6.07) is 3.59. The van der Waals surface area contributed by atoms with Gasteiger partial charge in [-0.1, -0.05) is 11.6 Å². The zero-order chi connectivity index (χ0) is 19.5. The highest BCUT2D eigenvalue weighted by molar-refractivity contribution is 6.31. The van der Waals surface area contributed by atoms with Crippen molar-refractivity contribution in [2.45, 2.75) is 19.1 Å². The normalized spacial score (nSPS) is 12.5. The van der Waals surface area contributed by atoms with Crippen LogP contribution in [0.3, 0.4) is 0 Å². The quantitative estimate of drug-likeness (QED) is 0.509. The first kappa shape index (κ1) is 19.7. The molecule has 1 aromatic heterocycles. The Kier molecular flexibility index (Phi) is 5.83. The van der Waals surface area contributed by atoms with E-state index in [0.717, 1.165) is 6.07 Å². The number of aliphatic hydroxyl groups is 1. The summed E-state index contributed by atoms with van der Waals surface area (Å²) in [5, 5.41) is 25.2. The Bertz CT molecular complexity index is 819. The van der Waals surface area contributed by atoms with E-state index in [4.69, 9.17) is 16.7 Å². The van der Waals surface area contributed by atoms with Crippen LogP contribution in [0.1, 0.15) is 12.6 Å². The van der Waals surface area contributed by atoms with Gasteiger partial charge >= 0.3 is 6.18 Å². The van der Waals surface area contributed by atoms with Gasteiger partial charge in [0, 0.05) is 23.2 Å². The molecule has 0 amide bonds. The number of nitrogens with one attached hydrogen (secondary N) is 2. The molecule has 0 radical (unpaired) electrons. The van der Waals surface area contributed by atoms with Crippen LogP contribution in [0.5, 0.6) is 0 Å². The maximum absolute atomic E-state index is 13.1. The Labute approximate surface area is 150 Å². The number of nitro benzene ring substituents is 1. The molecular weight excluding hydrogens is 379 g/mol. The number of aliphatic hydroxyl groups excluding tert-OH is 1. The highest BCUT2D eigenvalue weighted by Crippen LogP contribution is 2.33. The lowest BCUT2D eigenvalue weighted by atomic mass is 10.2. The second-order valence-electron chi connectivity index (χ2n) is 5.23. The first-order chi connectivity index (χ1) is 12.1. The lowest BCUT2D eigenvalue weighted by molar-refractivity contribution is -0.383. The Morgan fingerprint density at radius 1 is 1.35 bits per heavy atom. The van der Waals surface area contributed by atoms with Crippen molar-refractivity contribution in [3.63, 3.8) is 0 Å². The summed E-state index contributed by atoms with van der Waals surface area (Å²) in [4.78, 5) is 17.6. The summed E-state index contributed by atoms with van der Waals surface area (Å²) < 4.78 is 39.2. The van der Waals surface area contributed by atoms with E-state index >= 15 is 0 Å². The number of benzene rings is 1. The molecule has 0 aliphatic carbocycles. The fourth-order valence-corrected chi connectivity index (χ4v) is 2.06. The van der Waals surface area contributed by atoms with Crippen LogP contribution in [-0.2, 0) is 6.18 Å². The van der Waals surface area contributed by atoms with E-state index in [2.05, 4.69) is 20.6 Å². The molecule has 2 rings (SSSR count). The van der Waals surface area contributed by atoms with E-state index in [9.17, 15) is 23.3 Å². The summed E-state index contributed by atoms with van der Waals surface area (Å²) in [6.45, 7) is 1.15. The van der Waals surface area contributed by atoms with Crippen molar-refractivity contribution in [1.82, 2.24) is 9.97 Å². The molecular formula is C14H13ClF3N5O3. The fraction of sp³-hybridized carbons (Fsp3) is 0.286. The zero-order valence-corrected chi connectivity index (χ0v) is 14.0. The van der Waals surface area contributed by atoms with Crippen LogP contribution in [0.2, 0.25) is 5.02 Å². The van der Waals surface area contributed by atoms with Crippen molar-refractivity contribution in [1.29, 1.82) is 0 Å². The largest absolute Gasteiger partial charge is 0.433 e. The number of halogens is 4. The van der Waals surface area contributed by atoms with Crippen LogP contribution in [-0.4, -0.2) is 32.6 Å². The molecule has 26 heavy (non-hydrogen) atoms. The van der Waals surface area contributed by atoms with Crippen LogP contribution < -0.4 is 10.6 Å². The van der Waals surface area contributed by atoms with Crippen LogP contribution >= 0.6 is 11.6 Å². The Balaban J connectivity index is 2.47. The minimum atomic E-state index is -4.77. The molecule has 0 aliphatic heterocycles. The molecule has 3 N–H and O–H groups in total. The van der Waals surface area contributed by atoms with Crippen molar-refractivity contribution >= 4 is 34.7 Å². The maximum Gasteiger partial charge on any atom is 0.433 e. The highest BCUT2D eigenvalue weighted by Gasteiger charge is 2.34. The van der Waals surface area contributed by atoms with Gasteiger partial charge in [0.1, 0.15) is 11.5 Å². The topological polar surface area (TPSA) is 113 Å². The van der Waals surface area contributed by atoms with E-state index < -0.39 is 28.8 Å². The fourth-order valence-electron chi connectivity index (χ4n) is 1.89. The number of rotatable bonds is 6. The summed E-state index contributed by atoms with van der Waals surface area (Å²) >= 11 is 5.80. The smallest absolute Gasteiger partial charge is 0.394 e. The van der Waals surface area contributed by atoms with Crippen molar-refractivity contribution in [2.75, 3.05) is 17.2 Å². The Morgan fingerprint density at radius 3 is 2.62 bits per heavy atom. The third-order valence-corrected chi connectivity index (χ3v) is 3.32. The molecule has 0 spiro atoms. The predicted molar refractivity (Wildman–Crippen MR) is 88.6 cm³/mol. The minimum Gasteiger partial charge on any atom is -0.394 e. The third kappa shape index (κ3) is 4.92. The van der Waals surface area contributed by atoms with E-state index in [1.165, 1.54) is 19.1 Å². The van der Waals surface area contributed by atoms with Crippen molar-refractivity contribution in [3.05, 3.63) is 45.1 Å². The number of hydrogen-bond donors (Lipinski definition) is 3. The Morgan fingerprint density at radius 2 is 2.04 bits per heavy atom. The number of anilines is 3. The van der Waals surface area contributed by atoms with E-state index in [1.807, 2.05) is 0 Å². The van der Waals surface area contributed by atoms with Crippen LogP contribution in [0.25, 0.3) is 0 Å². The number of alkyl halides is 3. The zero-order valence-electron chi connectivity index (χ0n) is 13.2. The van der Waals surface area contributed by atoms with Crippen LogP contribution in [0, 0.1) is 10.1 Å². The summed E-state index contributed by atoms with van der Waals surface area (Å²) in [7, 11) is 0. The molecule has 0 bridgehead atoms. The molecule has 2 aromatic rings. The van der Waals surface area contributed by atoms with E-state index in [0.29, 0.717) is 6.07 Å². The third-order valence-electron chi connectivity index (χ3n) is 3.08. The summed E-state index contributed by atoms with van der Waals surface area (Å²) in [5.41, 5.74) is -1.78. The number of hydrogen-bond acceptors (Lipinski definition) is 7. The molecule has 0 saturated heterocycles. The average Bonchev–Trinajstić information content (AvgIpc) is 2.53. The first-order valence-electron chi connectivity index (χ1n) is 7.14. The van der Waals surface area contributed by atoms with Gasteiger partial charge in [0.2, 0.25) is 5.95 Å². The molecule has 8 nitrogen and oxygen atoms in total. The standard InChI is InChI=1S/C14H13ClF3N5O3/c1-7(6-24)19-13-21-11(14(16,17)18)5-12(22-13)20-9-4-8(15)2-3-10(9)23(25)26/h2-5,7,24H,6H2,1H3,(H2,19,20,21,22)/t7-/m1/s1. The van der Waals surface area contributed by atoms with Crippen molar-refractivity contribution in [2.24, 2.45) is 0 Å². The average molecular weight is 392 g/mol. The highest BCUT2D eigenvalue weighted by atomic mass is 35.5. The first-order valence-corrected chi connectivity index (χ1v) is 7.52. The molecule has 0 unspecified atom stereocenters. The van der Waals surface area contributed by atoms with Gasteiger partial charge in [0.25, 0.3) is 5.69 Å². The van der Waals surface area contributed by atoms with Gasteiger partial charge in [-0.15, -0.1) is 0 Å². The molecule has 12 heteroatoms. The van der Waals surface area contributed by atoms with Gasteiger partial charge in [-0.25, -0.2) is 4.98 Å². The molecule has 140 valence electrons. The Hall–Kier alpha value is -2.66. The summed E-state index contributed by atoms with van der Waals surface area (Å²) in [5.74, 6) is -0.723. The molecule has 1 atom stereocenters. The number of nitro groups is 1. The van der Waals surface area contributed by atoms with Gasteiger partial charge in [0.05, 0.1) is 11.5 Å². The molecule has 0 aliphatic rings. The van der Waals surface area contributed by atoms with Crippen molar-refractivity contribution < 1.29 is 23.2 Å². The minimum absolute atomic E-state index is 0.129. The van der Waals surface area contributed by atoms with E-state index in [1.54, 1.807) is 0 Å². The molecule has 0 fully saturated rings. The molecule has 1 heterocycles. The monoisotopic (exact) mass is 391 g/mol. The van der Waals surface area contributed by atoms with Gasteiger partial charge in [-0.2, -0.15) is 18.2 Å². The van der Waals surface area contributed by atoms with Gasteiger partial charge in [0.15, 0.2) is 5.69 Å². The second kappa shape index (κ2) is 7.70. The second-order valence-corrected chi connectivity index (χ2v) is 5.67. The van der Waals surface area contributed by atoms with Gasteiger partial charge < -0.3 is 15.7 Å².